The van der Waals surface area contributed by atoms with E-state index in [2.05, 4.69) is 5.32 Å². The first-order valence-electron chi connectivity index (χ1n) is 8.98. The molecule has 8 heteroatoms. The van der Waals surface area contributed by atoms with E-state index in [0.29, 0.717) is 23.6 Å². The minimum atomic E-state index is -1.08. The maximum Gasteiger partial charge on any atom is 0.326 e. The Hall–Kier alpha value is -2.41. The van der Waals surface area contributed by atoms with E-state index < -0.39 is 24.5 Å². The zero-order chi connectivity index (χ0) is 19.6. The van der Waals surface area contributed by atoms with Gasteiger partial charge in [0.25, 0.3) is 5.91 Å². The normalized spacial score (nSPS) is 23.0. The number of likely N-dealkylation sites (tertiary alicyclic amines) is 1. The van der Waals surface area contributed by atoms with Crippen molar-refractivity contribution in [1.29, 1.82) is 0 Å². The van der Waals surface area contributed by atoms with Crippen LogP contribution in [0.3, 0.4) is 0 Å². The summed E-state index contributed by atoms with van der Waals surface area (Å²) in [5.74, 6) is -2.57. The smallest absolute Gasteiger partial charge is 0.326 e. The van der Waals surface area contributed by atoms with Crippen molar-refractivity contribution in [3.05, 3.63) is 29.3 Å². The lowest BCUT2D eigenvalue weighted by molar-refractivity contribution is -0.158. The molecule has 1 aromatic rings. The van der Waals surface area contributed by atoms with Gasteiger partial charge >= 0.3 is 5.97 Å². The molecule has 1 aliphatic carbocycles. The van der Waals surface area contributed by atoms with Crippen molar-refractivity contribution in [3.63, 3.8) is 0 Å². The molecule has 1 saturated heterocycles. The Kier molecular flexibility index (Phi) is 5.79. The van der Waals surface area contributed by atoms with Gasteiger partial charge in [-0.15, -0.1) is 0 Å². The SMILES string of the molecule is C[C@@H](OC(=O)CN1C(=O)[C@H]2CCCC[C@@H]2C1=O)C(=O)Nc1cccc(Cl)c1. The van der Waals surface area contributed by atoms with Gasteiger partial charge in [0.2, 0.25) is 11.8 Å². The van der Waals surface area contributed by atoms with Crippen LogP contribution in [0.2, 0.25) is 5.02 Å². The lowest BCUT2D eigenvalue weighted by Gasteiger charge is -2.19. The number of esters is 1. The Balaban J connectivity index is 1.54. The molecule has 1 heterocycles. The molecular weight excluding hydrogens is 372 g/mol. The van der Waals surface area contributed by atoms with Crippen molar-refractivity contribution in [3.8, 4) is 0 Å². The van der Waals surface area contributed by atoms with Crippen molar-refractivity contribution >= 4 is 41.0 Å². The van der Waals surface area contributed by atoms with Crippen LogP contribution in [0.25, 0.3) is 0 Å². The molecule has 1 aliphatic heterocycles. The Morgan fingerprint density at radius 3 is 2.44 bits per heavy atom. The molecule has 0 bridgehead atoms. The average Bonchev–Trinajstić information content (AvgIpc) is 2.87. The van der Waals surface area contributed by atoms with E-state index in [1.165, 1.54) is 6.92 Å². The largest absolute Gasteiger partial charge is 0.451 e. The number of halogens is 1. The van der Waals surface area contributed by atoms with Gasteiger partial charge in [-0.2, -0.15) is 0 Å². The molecule has 1 N–H and O–H groups in total. The number of rotatable bonds is 5. The fraction of sp³-hybridized carbons (Fsp3) is 0.474. The number of hydrogen-bond acceptors (Lipinski definition) is 5. The van der Waals surface area contributed by atoms with Crippen molar-refractivity contribution in [2.75, 3.05) is 11.9 Å². The first kappa shape index (κ1) is 19.4. The van der Waals surface area contributed by atoms with Gasteiger partial charge in [-0.05, 0) is 38.0 Å². The molecule has 3 amide bonds. The van der Waals surface area contributed by atoms with E-state index in [1.54, 1.807) is 24.3 Å². The highest BCUT2D eigenvalue weighted by molar-refractivity contribution is 6.30. The highest BCUT2D eigenvalue weighted by Gasteiger charge is 2.48. The fourth-order valence-electron chi connectivity index (χ4n) is 3.61. The first-order valence-corrected chi connectivity index (χ1v) is 9.35. The number of nitrogens with one attached hydrogen (secondary N) is 1. The number of nitrogens with zero attached hydrogens (tertiary/aromatic N) is 1. The third-order valence-electron chi connectivity index (χ3n) is 4.99. The molecule has 1 saturated carbocycles. The molecule has 7 nitrogen and oxygen atoms in total. The first-order chi connectivity index (χ1) is 12.9. The summed E-state index contributed by atoms with van der Waals surface area (Å²) in [5.41, 5.74) is 0.476. The molecule has 0 radical (unpaired) electrons. The van der Waals surface area contributed by atoms with Gasteiger partial charge in [0, 0.05) is 10.7 Å². The van der Waals surface area contributed by atoms with Gasteiger partial charge in [-0.3, -0.25) is 24.1 Å². The summed E-state index contributed by atoms with van der Waals surface area (Å²) < 4.78 is 5.10. The summed E-state index contributed by atoms with van der Waals surface area (Å²) in [5, 5.41) is 3.05. The van der Waals surface area contributed by atoms with Crippen molar-refractivity contribution in [2.45, 2.75) is 38.7 Å². The zero-order valence-electron chi connectivity index (χ0n) is 14.9. The molecule has 1 aromatic carbocycles. The number of benzene rings is 1. The van der Waals surface area contributed by atoms with Gasteiger partial charge in [0.15, 0.2) is 6.10 Å². The van der Waals surface area contributed by atoms with Crippen LogP contribution in [0.1, 0.15) is 32.6 Å². The third kappa shape index (κ3) is 4.30. The summed E-state index contributed by atoms with van der Waals surface area (Å²) in [6.45, 7) is 0.963. The van der Waals surface area contributed by atoms with Crippen LogP contribution in [0.5, 0.6) is 0 Å². The maximum atomic E-state index is 12.4. The second-order valence-electron chi connectivity index (χ2n) is 6.89. The molecule has 3 rings (SSSR count). The molecule has 3 atom stereocenters. The highest BCUT2D eigenvalue weighted by atomic mass is 35.5. The lowest BCUT2D eigenvalue weighted by Crippen LogP contribution is -2.39. The topological polar surface area (TPSA) is 92.8 Å². The molecule has 2 fully saturated rings. The van der Waals surface area contributed by atoms with Gasteiger partial charge in [-0.25, -0.2) is 0 Å². The minimum Gasteiger partial charge on any atom is -0.451 e. The van der Waals surface area contributed by atoms with E-state index in [1.807, 2.05) is 0 Å². The monoisotopic (exact) mass is 392 g/mol. The van der Waals surface area contributed by atoms with Crippen LogP contribution >= 0.6 is 11.6 Å². The summed E-state index contributed by atoms with van der Waals surface area (Å²) in [6, 6.07) is 6.57. The van der Waals surface area contributed by atoms with Crippen LogP contribution in [-0.4, -0.2) is 41.2 Å². The highest BCUT2D eigenvalue weighted by Crippen LogP contribution is 2.37. The van der Waals surface area contributed by atoms with E-state index >= 15 is 0 Å². The molecule has 0 unspecified atom stereocenters. The maximum absolute atomic E-state index is 12.4. The lowest BCUT2D eigenvalue weighted by atomic mass is 9.81. The second kappa shape index (κ2) is 8.08. The Morgan fingerprint density at radius 2 is 1.85 bits per heavy atom. The average molecular weight is 393 g/mol. The zero-order valence-corrected chi connectivity index (χ0v) is 15.7. The molecule has 0 aromatic heterocycles. The van der Waals surface area contributed by atoms with E-state index in [9.17, 15) is 19.2 Å². The number of anilines is 1. The number of fused-ring (bicyclic) bond motifs is 1. The Labute approximate surface area is 162 Å². The number of ether oxygens (including phenoxy) is 1. The molecule has 27 heavy (non-hydrogen) atoms. The summed E-state index contributed by atoms with van der Waals surface area (Å²) in [4.78, 5) is 50.0. The van der Waals surface area contributed by atoms with Crippen LogP contribution in [0.15, 0.2) is 24.3 Å². The quantitative estimate of drug-likeness (QED) is 0.613. The van der Waals surface area contributed by atoms with E-state index in [4.69, 9.17) is 16.3 Å². The van der Waals surface area contributed by atoms with Gasteiger partial charge in [0.05, 0.1) is 11.8 Å². The molecule has 2 aliphatic rings. The van der Waals surface area contributed by atoms with E-state index in [0.717, 1.165) is 17.7 Å². The van der Waals surface area contributed by atoms with Gasteiger partial charge in [-0.1, -0.05) is 30.5 Å². The fourth-order valence-corrected chi connectivity index (χ4v) is 3.80. The number of amides is 3. The van der Waals surface area contributed by atoms with Gasteiger partial charge in [0.1, 0.15) is 6.54 Å². The predicted octanol–water partition coefficient (Wildman–Crippen LogP) is 2.39. The molecule has 144 valence electrons. The van der Waals surface area contributed by atoms with Crippen LogP contribution < -0.4 is 5.32 Å². The number of carbonyl (C=O) groups excluding carboxylic acids is 4. The predicted molar refractivity (Wildman–Crippen MR) is 97.8 cm³/mol. The summed E-state index contributed by atoms with van der Waals surface area (Å²) in [7, 11) is 0. The minimum absolute atomic E-state index is 0.308. The van der Waals surface area contributed by atoms with Crippen molar-refractivity contribution in [1.82, 2.24) is 4.90 Å². The number of hydrogen-bond donors (Lipinski definition) is 1. The Bertz CT molecular complexity index is 757. The number of carbonyl (C=O) groups is 4. The van der Waals surface area contributed by atoms with Crippen LogP contribution in [0.4, 0.5) is 5.69 Å². The molecular formula is C19H21ClN2O5. The number of imide groups is 1. The van der Waals surface area contributed by atoms with Gasteiger partial charge < -0.3 is 10.1 Å². The summed E-state index contributed by atoms with van der Waals surface area (Å²) in [6.07, 6.45) is 2.11. The van der Waals surface area contributed by atoms with E-state index in [-0.39, 0.29) is 23.7 Å². The van der Waals surface area contributed by atoms with Crippen LogP contribution in [-0.2, 0) is 23.9 Å². The Morgan fingerprint density at radius 1 is 1.22 bits per heavy atom. The third-order valence-corrected chi connectivity index (χ3v) is 5.22. The second-order valence-corrected chi connectivity index (χ2v) is 7.33. The van der Waals surface area contributed by atoms with Crippen molar-refractivity contribution < 1.29 is 23.9 Å². The van der Waals surface area contributed by atoms with Crippen LogP contribution in [0, 0.1) is 11.8 Å². The van der Waals surface area contributed by atoms with Crippen molar-refractivity contribution in [2.24, 2.45) is 11.8 Å². The summed E-state index contributed by atoms with van der Waals surface area (Å²) >= 11 is 5.86. The molecule has 0 spiro atoms. The standard InChI is InChI=1S/C19H21ClN2O5/c1-11(17(24)21-13-6-4-5-12(20)9-13)27-16(23)10-22-18(25)14-7-2-3-8-15(14)19(22)26/h4-6,9,11,14-15H,2-3,7-8,10H2,1H3,(H,21,24)/t11-,14+,15+/m1/s1.